The summed E-state index contributed by atoms with van der Waals surface area (Å²) in [5.74, 6) is 0.482. The van der Waals surface area contributed by atoms with Gasteiger partial charge in [-0.25, -0.2) is 0 Å². The Morgan fingerprint density at radius 1 is 1.67 bits per heavy atom. The van der Waals surface area contributed by atoms with Crippen LogP contribution in [0.2, 0.25) is 0 Å². The fourth-order valence-electron chi connectivity index (χ4n) is 1.48. The molecule has 0 N–H and O–H groups in total. The first-order chi connectivity index (χ1) is 5.72. The van der Waals surface area contributed by atoms with Crippen LogP contribution in [0.25, 0.3) is 0 Å². The Kier molecular flexibility index (Phi) is 3.53. The number of carbonyl (C=O) groups is 1. The molecule has 1 aliphatic rings. The van der Waals surface area contributed by atoms with E-state index in [9.17, 15) is 4.79 Å². The number of hydrogen-bond donors (Lipinski definition) is 0. The van der Waals surface area contributed by atoms with Crippen molar-refractivity contribution in [3.05, 3.63) is 0 Å². The third kappa shape index (κ3) is 2.81. The van der Waals surface area contributed by atoms with Crippen LogP contribution in [0, 0.1) is 5.92 Å². The maximum Gasteiger partial charge on any atom is 0.305 e. The van der Waals surface area contributed by atoms with Gasteiger partial charge in [-0.1, -0.05) is 6.92 Å². The van der Waals surface area contributed by atoms with Gasteiger partial charge in [0, 0.05) is 18.9 Å². The lowest BCUT2D eigenvalue weighted by Crippen LogP contribution is -2.18. The standard InChI is InChI=1S/C9H17NO2/c1-3-9(11)12-7-8-4-5-10(2)6-8/h8H,3-7H2,1-2H3. The number of carbonyl (C=O) groups excluding carboxylic acids is 1. The highest BCUT2D eigenvalue weighted by Crippen LogP contribution is 2.14. The second-order valence-corrected chi connectivity index (χ2v) is 3.45. The third-order valence-corrected chi connectivity index (χ3v) is 2.26. The number of likely N-dealkylation sites (tertiary alicyclic amines) is 1. The summed E-state index contributed by atoms with van der Waals surface area (Å²) in [4.78, 5) is 13.1. The number of hydrogen-bond acceptors (Lipinski definition) is 3. The molecule has 1 unspecified atom stereocenters. The topological polar surface area (TPSA) is 29.5 Å². The molecule has 70 valence electrons. The molecule has 0 amide bonds. The summed E-state index contributed by atoms with van der Waals surface area (Å²) in [6, 6.07) is 0. The van der Waals surface area contributed by atoms with Crippen LogP contribution in [-0.2, 0) is 9.53 Å². The van der Waals surface area contributed by atoms with Crippen LogP contribution in [0.15, 0.2) is 0 Å². The highest BCUT2D eigenvalue weighted by atomic mass is 16.5. The van der Waals surface area contributed by atoms with E-state index in [2.05, 4.69) is 11.9 Å². The first-order valence-electron chi connectivity index (χ1n) is 4.56. The molecular weight excluding hydrogens is 154 g/mol. The summed E-state index contributed by atoms with van der Waals surface area (Å²) in [5.41, 5.74) is 0. The Hall–Kier alpha value is -0.570. The average Bonchev–Trinajstić information content (AvgIpc) is 2.47. The molecule has 0 bridgehead atoms. The molecule has 3 nitrogen and oxygen atoms in total. The number of nitrogens with zero attached hydrogens (tertiary/aromatic N) is 1. The van der Waals surface area contributed by atoms with E-state index in [1.807, 2.05) is 6.92 Å². The lowest BCUT2D eigenvalue weighted by Gasteiger charge is -2.10. The lowest BCUT2D eigenvalue weighted by molar-refractivity contribution is -0.144. The van der Waals surface area contributed by atoms with Crippen LogP contribution in [0.3, 0.4) is 0 Å². The van der Waals surface area contributed by atoms with Crippen LogP contribution in [0.1, 0.15) is 19.8 Å². The molecule has 0 aromatic carbocycles. The fourth-order valence-corrected chi connectivity index (χ4v) is 1.48. The van der Waals surface area contributed by atoms with Crippen molar-refractivity contribution in [1.29, 1.82) is 0 Å². The molecular formula is C9H17NO2. The molecule has 0 saturated carbocycles. The Morgan fingerprint density at radius 2 is 2.42 bits per heavy atom. The van der Waals surface area contributed by atoms with Gasteiger partial charge in [-0.3, -0.25) is 4.79 Å². The Labute approximate surface area is 73.7 Å². The van der Waals surface area contributed by atoms with Crippen molar-refractivity contribution in [1.82, 2.24) is 4.90 Å². The van der Waals surface area contributed by atoms with Crippen molar-refractivity contribution in [3.63, 3.8) is 0 Å². The van der Waals surface area contributed by atoms with Gasteiger partial charge >= 0.3 is 5.97 Å². The van der Waals surface area contributed by atoms with E-state index in [-0.39, 0.29) is 5.97 Å². The zero-order valence-corrected chi connectivity index (χ0v) is 7.88. The van der Waals surface area contributed by atoms with Crippen molar-refractivity contribution >= 4 is 5.97 Å². The second kappa shape index (κ2) is 4.45. The monoisotopic (exact) mass is 171 g/mol. The van der Waals surface area contributed by atoms with Gasteiger partial charge in [0.05, 0.1) is 6.61 Å². The average molecular weight is 171 g/mol. The van der Waals surface area contributed by atoms with Crippen LogP contribution >= 0.6 is 0 Å². The van der Waals surface area contributed by atoms with Gasteiger partial charge in [0.1, 0.15) is 0 Å². The summed E-state index contributed by atoms with van der Waals surface area (Å²) in [5, 5.41) is 0. The highest BCUT2D eigenvalue weighted by molar-refractivity contribution is 5.68. The SMILES string of the molecule is CCC(=O)OCC1CCN(C)C1. The van der Waals surface area contributed by atoms with Crippen molar-refractivity contribution in [2.45, 2.75) is 19.8 Å². The molecule has 12 heavy (non-hydrogen) atoms. The minimum atomic E-state index is -0.0791. The van der Waals surface area contributed by atoms with Gasteiger partial charge < -0.3 is 9.64 Å². The molecule has 3 heteroatoms. The van der Waals surface area contributed by atoms with Gasteiger partial charge in [0.15, 0.2) is 0 Å². The van der Waals surface area contributed by atoms with Gasteiger partial charge in [0.25, 0.3) is 0 Å². The Morgan fingerprint density at radius 3 is 2.92 bits per heavy atom. The van der Waals surface area contributed by atoms with Crippen LogP contribution in [0.4, 0.5) is 0 Å². The quantitative estimate of drug-likeness (QED) is 0.591. The fraction of sp³-hybridized carbons (Fsp3) is 0.889. The normalized spacial score (nSPS) is 24.3. The maximum absolute atomic E-state index is 10.8. The Balaban J connectivity index is 2.11. The van der Waals surface area contributed by atoms with Gasteiger partial charge in [-0.05, 0) is 20.0 Å². The largest absolute Gasteiger partial charge is 0.465 e. The van der Waals surface area contributed by atoms with Crippen molar-refractivity contribution < 1.29 is 9.53 Å². The van der Waals surface area contributed by atoms with Crippen LogP contribution in [-0.4, -0.2) is 37.6 Å². The first kappa shape index (κ1) is 9.52. The molecule has 0 aromatic heterocycles. The summed E-state index contributed by atoms with van der Waals surface area (Å²) in [6.45, 7) is 4.63. The summed E-state index contributed by atoms with van der Waals surface area (Å²) >= 11 is 0. The first-order valence-corrected chi connectivity index (χ1v) is 4.56. The van der Waals surface area contributed by atoms with Crippen LogP contribution < -0.4 is 0 Å². The predicted molar refractivity (Wildman–Crippen MR) is 46.9 cm³/mol. The smallest absolute Gasteiger partial charge is 0.305 e. The van der Waals surface area contributed by atoms with Crippen molar-refractivity contribution in [2.24, 2.45) is 5.92 Å². The molecule has 1 saturated heterocycles. The zero-order chi connectivity index (χ0) is 8.97. The van der Waals surface area contributed by atoms with Gasteiger partial charge in [-0.2, -0.15) is 0 Å². The number of ether oxygens (including phenoxy) is 1. The lowest BCUT2D eigenvalue weighted by atomic mass is 10.1. The van der Waals surface area contributed by atoms with Crippen molar-refractivity contribution in [3.8, 4) is 0 Å². The van der Waals surface area contributed by atoms with E-state index < -0.39 is 0 Å². The minimum absolute atomic E-state index is 0.0791. The van der Waals surface area contributed by atoms with E-state index in [0.29, 0.717) is 18.9 Å². The summed E-state index contributed by atoms with van der Waals surface area (Å²) in [6.07, 6.45) is 1.65. The number of rotatable bonds is 3. The van der Waals surface area contributed by atoms with E-state index in [1.54, 1.807) is 0 Å². The molecule has 0 spiro atoms. The Bertz CT molecular complexity index is 159. The molecule has 1 aliphatic heterocycles. The molecule has 1 atom stereocenters. The highest BCUT2D eigenvalue weighted by Gasteiger charge is 2.20. The minimum Gasteiger partial charge on any atom is -0.465 e. The number of esters is 1. The van der Waals surface area contributed by atoms with Gasteiger partial charge in [0.2, 0.25) is 0 Å². The molecule has 1 fully saturated rings. The van der Waals surface area contributed by atoms with Crippen molar-refractivity contribution in [2.75, 3.05) is 26.7 Å². The molecule has 0 aliphatic carbocycles. The molecule has 0 aromatic rings. The zero-order valence-electron chi connectivity index (χ0n) is 7.88. The predicted octanol–water partition coefficient (Wildman–Crippen LogP) is 0.891. The van der Waals surface area contributed by atoms with E-state index >= 15 is 0 Å². The summed E-state index contributed by atoms with van der Waals surface area (Å²) < 4.78 is 5.06. The summed E-state index contributed by atoms with van der Waals surface area (Å²) in [7, 11) is 2.10. The third-order valence-electron chi connectivity index (χ3n) is 2.26. The second-order valence-electron chi connectivity index (χ2n) is 3.45. The molecule has 0 radical (unpaired) electrons. The van der Waals surface area contributed by atoms with E-state index in [0.717, 1.165) is 19.5 Å². The molecule has 1 rings (SSSR count). The maximum atomic E-state index is 10.8. The molecule has 1 heterocycles. The van der Waals surface area contributed by atoms with E-state index in [4.69, 9.17) is 4.74 Å². The van der Waals surface area contributed by atoms with Crippen LogP contribution in [0.5, 0.6) is 0 Å². The van der Waals surface area contributed by atoms with Gasteiger partial charge in [-0.15, -0.1) is 0 Å². The van der Waals surface area contributed by atoms with E-state index in [1.165, 1.54) is 0 Å².